The molecule has 0 unspecified atom stereocenters. The van der Waals surface area contributed by atoms with Crippen LogP contribution in [0, 0.1) is 0 Å². The van der Waals surface area contributed by atoms with Gasteiger partial charge in [-0.2, -0.15) is 5.10 Å². The Balaban J connectivity index is 0.00000243. The summed E-state index contributed by atoms with van der Waals surface area (Å²) in [6, 6.07) is 13.6. The zero-order valence-corrected chi connectivity index (χ0v) is 17.3. The van der Waals surface area contributed by atoms with E-state index < -0.39 is 0 Å². The first-order chi connectivity index (χ1) is 12.2. The van der Waals surface area contributed by atoms with Crippen molar-refractivity contribution in [1.29, 1.82) is 0 Å². The minimum Gasteiger partial charge on any atom is -0.352 e. The number of nitrogens with zero attached hydrogens (tertiary/aromatic N) is 4. The molecule has 1 aromatic carbocycles. The molecule has 2 aromatic heterocycles. The van der Waals surface area contributed by atoms with Gasteiger partial charge in [-0.15, -0.1) is 24.0 Å². The SMILES string of the molecule is CN=C(NCc1cccc(Cl)c1)NCc1ccnc(-n2cccn2)c1.I. The maximum Gasteiger partial charge on any atom is 0.191 e. The van der Waals surface area contributed by atoms with E-state index in [1.54, 1.807) is 24.1 Å². The summed E-state index contributed by atoms with van der Waals surface area (Å²) < 4.78 is 1.73. The number of guanidine groups is 1. The minimum absolute atomic E-state index is 0. The van der Waals surface area contributed by atoms with Gasteiger partial charge >= 0.3 is 0 Å². The summed E-state index contributed by atoms with van der Waals surface area (Å²) in [6.45, 7) is 1.28. The molecule has 6 nitrogen and oxygen atoms in total. The second kappa shape index (κ2) is 10.1. The molecule has 2 heterocycles. The van der Waals surface area contributed by atoms with E-state index in [1.807, 2.05) is 48.7 Å². The molecule has 0 aliphatic carbocycles. The average Bonchev–Trinajstić information content (AvgIpc) is 3.17. The molecule has 0 aliphatic rings. The second-order valence-corrected chi connectivity index (χ2v) is 5.82. The lowest BCUT2D eigenvalue weighted by Crippen LogP contribution is -2.36. The molecule has 26 heavy (non-hydrogen) atoms. The summed E-state index contributed by atoms with van der Waals surface area (Å²) >= 11 is 6.01. The van der Waals surface area contributed by atoms with Gasteiger partial charge in [0, 0.05) is 43.8 Å². The summed E-state index contributed by atoms with van der Waals surface area (Å²) in [4.78, 5) is 8.57. The van der Waals surface area contributed by atoms with Gasteiger partial charge in [-0.3, -0.25) is 4.99 Å². The predicted octanol–water partition coefficient (Wildman–Crippen LogP) is 3.40. The van der Waals surface area contributed by atoms with Crippen molar-refractivity contribution in [2.24, 2.45) is 4.99 Å². The van der Waals surface area contributed by atoms with Crippen molar-refractivity contribution in [2.75, 3.05) is 7.05 Å². The Morgan fingerprint density at radius 2 is 1.85 bits per heavy atom. The molecule has 0 spiro atoms. The predicted molar refractivity (Wildman–Crippen MR) is 115 cm³/mol. The zero-order chi connectivity index (χ0) is 17.5. The number of hydrogen-bond acceptors (Lipinski definition) is 3. The fraction of sp³-hybridized carbons (Fsp3) is 0.167. The highest BCUT2D eigenvalue weighted by atomic mass is 127. The van der Waals surface area contributed by atoms with Crippen molar-refractivity contribution in [3.63, 3.8) is 0 Å². The maximum atomic E-state index is 6.01. The number of aromatic nitrogens is 3. The molecule has 136 valence electrons. The first kappa shape index (κ1) is 20.2. The maximum absolute atomic E-state index is 6.01. The monoisotopic (exact) mass is 482 g/mol. The zero-order valence-electron chi connectivity index (χ0n) is 14.3. The number of pyridine rings is 1. The fourth-order valence-corrected chi connectivity index (χ4v) is 2.55. The second-order valence-electron chi connectivity index (χ2n) is 5.38. The normalized spacial score (nSPS) is 10.9. The summed E-state index contributed by atoms with van der Waals surface area (Å²) in [6.07, 6.45) is 5.37. The van der Waals surface area contributed by atoms with Crippen LogP contribution in [0.15, 0.2) is 66.0 Å². The molecular formula is C18H20ClIN6. The lowest BCUT2D eigenvalue weighted by molar-refractivity contribution is 0.800. The molecule has 8 heteroatoms. The first-order valence-corrected chi connectivity index (χ1v) is 8.26. The number of hydrogen-bond donors (Lipinski definition) is 2. The van der Waals surface area contributed by atoms with Gasteiger partial charge in [0.15, 0.2) is 11.8 Å². The molecule has 3 aromatic rings. The third-order valence-corrected chi connectivity index (χ3v) is 3.82. The average molecular weight is 483 g/mol. The van der Waals surface area contributed by atoms with Crippen molar-refractivity contribution in [1.82, 2.24) is 25.4 Å². The number of halogens is 2. The van der Waals surface area contributed by atoms with Gasteiger partial charge in [0.1, 0.15) is 0 Å². The van der Waals surface area contributed by atoms with Crippen molar-refractivity contribution in [3.05, 3.63) is 77.2 Å². The molecule has 0 bridgehead atoms. The van der Waals surface area contributed by atoms with Crippen LogP contribution < -0.4 is 10.6 Å². The molecule has 0 amide bonds. The molecule has 0 aliphatic heterocycles. The molecule has 0 atom stereocenters. The standard InChI is InChI=1S/C18H19ClN6.HI/c1-20-18(22-12-14-4-2-5-16(19)10-14)23-13-15-6-8-21-17(11-15)25-9-3-7-24-25;/h2-11H,12-13H2,1H3,(H2,20,22,23);1H. The van der Waals surface area contributed by atoms with Gasteiger partial charge in [-0.05, 0) is 41.5 Å². The highest BCUT2D eigenvalue weighted by Crippen LogP contribution is 2.10. The van der Waals surface area contributed by atoms with Crippen LogP contribution in [0.25, 0.3) is 5.82 Å². The van der Waals surface area contributed by atoms with E-state index in [0.29, 0.717) is 13.1 Å². The molecular weight excluding hydrogens is 463 g/mol. The molecule has 0 saturated carbocycles. The van der Waals surface area contributed by atoms with Crippen molar-refractivity contribution in [3.8, 4) is 5.82 Å². The van der Waals surface area contributed by atoms with Crippen LogP contribution in [0.4, 0.5) is 0 Å². The Hall–Kier alpha value is -2.13. The quantitative estimate of drug-likeness (QED) is 0.332. The lowest BCUT2D eigenvalue weighted by Gasteiger charge is -2.12. The highest BCUT2D eigenvalue weighted by molar-refractivity contribution is 14.0. The summed E-state index contributed by atoms with van der Waals surface area (Å²) in [5.74, 6) is 1.50. The van der Waals surface area contributed by atoms with Crippen LogP contribution in [0.1, 0.15) is 11.1 Å². The van der Waals surface area contributed by atoms with Gasteiger partial charge < -0.3 is 10.6 Å². The van der Waals surface area contributed by atoms with Gasteiger partial charge in [-0.1, -0.05) is 23.7 Å². The third kappa shape index (κ3) is 5.70. The van der Waals surface area contributed by atoms with E-state index in [0.717, 1.165) is 27.9 Å². The van der Waals surface area contributed by atoms with Gasteiger partial charge in [0.2, 0.25) is 0 Å². The summed E-state index contributed by atoms with van der Waals surface area (Å²) in [7, 11) is 1.75. The van der Waals surface area contributed by atoms with E-state index in [2.05, 4.69) is 25.7 Å². The summed E-state index contributed by atoms with van der Waals surface area (Å²) in [5.41, 5.74) is 2.19. The molecule has 2 N–H and O–H groups in total. The number of aliphatic imine (C=N–C) groups is 1. The molecule has 3 rings (SSSR count). The van der Waals surface area contributed by atoms with E-state index >= 15 is 0 Å². The van der Waals surface area contributed by atoms with E-state index in [1.165, 1.54) is 0 Å². The van der Waals surface area contributed by atoms with E-state index in [4.69, 9.17) is 11.6 Å². The van der Waals surface area contributed by atoms with Crippen LogP contribution in [-0.4, -0.2) is 27.8 Å². The topological polar surface area (TPSA) is 67.1 Å². The van der Waals surface area contributed by atoms with Crippen molar-refractivity contribution in [2.45, 2.75) is 13.1 Å². The Bertz CT molecular complexity index is 850. The smallest absolute Gasteiger partial charge is 0.191 e. The largest absolute Gasteiger partial charge is 0.352 e. The molecule has 0 saturated heterocycles. The van der Waals surface area contributed by atoms with Crippen LogP contribution in [0.2, 0.25) is 5.02 Å². The Morgan fingerprint density at radius 1 is 1.08 bits per heavy atom. The Morgan fingerprint density at radius 3 is 2.50 bits per heavy atom. The lowest BCUT2D eigenvalue weighted by atomic mass is 10.2. The first-order valence-electron chi connectivity index (χ1n) is 7.88. The van der Waals surface area contributed by atoms with E-state index in [-0.39, 0.29) is 24.0 Å². The van der Waals surface area contributed by atoms with E-state index in [9.17, 15) is 0 Å². The van der Waals surface area contributed by atoms with Gasteiger partial charge in [-0.25, -0.2) is 9.67 Å². The molecule has 0 radical (unpaired) electrons. The Kier molecular flexibility index (Phi) is 7.86. The fourth-order valence-electron chi connectivity index (χ4n) is 2.34. The third-order valence-electron chi connectivity index (χ3n) is 3.58. The number of nitrogens with one attached hydrogen (secondary N) is 2. The van der Waals surface area contributed by atoms with Crippen LogP contribution in [0.3, 0.4) is 0 Å². The van der Waals surface area contributed by atoms with Crippen molar-refractivity contribution >= 4 is 41.5 Å². The minimum atomic E-state index is 0. The van der Waals surface area contributed by atoms with Crippen LogP contribution in [-0.2, 0) is 13.1 Å². The Labute approximate surface area is 174 Å². The highest BCUT2D eigenvalue weighted by Gasteiger charge is 2.02. The van der Waals surface area contributed by atoms with Gasteiger partial charge in [0.25, 0.3) is 0 Å². The van der Waals surface area contributed by atoms with Gasteiger partial charge in [0.05, 0.1) is 0 Å². The summed E-state index contributed by atoms with van der Waals surface area (Å²) in [5, 5.41) is 11.5. The van der Waals surface area contributed by atoms with Crippen LogP contribution in [0.5, 0.6) is 0 Å². The number of rotatable bonds is 5. The number of benzene rings is 1. The van der Waals surface area contributed by atoms with Crippen LogP contribution >= 0.6 is 35.6 Å². The van der Waals surface area contributed by atoms with Crippen molar-refractivity contribution < 1.29 is 0 Å². The molecule has 0 fully saturated rings.